The number of carbonyl (C=O) groups is 1. The van der Waals surface area contributed by atoms with Crippen LogP contribution in [0.1, 0.15) is 50.0 Å². The minimum atomic E-state index is -0.362. The van der Waals surface area contributed by atoms with Crippen molar-refractivity contribution < 1.29 is 19.4 Å². The van der Waals surface area contributed by atoms with E-state index in [9.17, 15) is 9.90 Å². The second-order valence-corrected chi connectivity index (χ2v) is 19.4. The van der Waals surface area contributed by atoms with E-state index in [4.69, 9.17) is 43.1 Å². The molecule has 0 aromatic heterocycles. The molecule has 2 N–H and O–H groups in total. The molecule has 0 saturated heterocycles. The van der Waals surface area contributed by atoms with Gasteiger partial charge >= 0.3 is 0 Å². The summed E-state index contributed by atoms with van der Waals surface area (Å²) in [5.74, 6) is 1.76. The summed E-state index contributed by atoms with van der Waals surface area (Å²) in [7, 11) is 1.66. The predicted octanol–water partition coefficient (Wildman–Crippen LogP) is 17.1. The van der Waals surface area contributed by atoms with Gasteiger partial charge in [0.1, 0.15) is 23.5 Å². The third-order valence-corrected chi connectivity index (χ3v) is 12.8. The van der Waals surface area contributed by atoms with Crippen molar-refractivity contribution in [3.05, 3.63) is 255 Å². The minimum absolute atomic E-state index is 0.0884. The number of carbonyl (C=O) groups excluding carboxylic acids is 1. The number of rotatable bonds is 10. The Bertz CT molecular complexity index is 3030. The Morgan fingerprint density at radius 2 is 1.22 bits per heavy atom. The van der Waals surface area contributed by atoms with Gasteiger partial charge in [0.25, 0.3) is 0 Å². The van der Waals surface area contributed by atoms with Crippen LogP contribution in [0.15, 0.2) is 216 Å². The molecule has 348 valence electrons. The minimum Gasteiger partial charge on any atom is -0.507 e. The van der Waals surface area contributed by atoms with Gasteiger partial charge in [0, 0.05) is 75.0 Å². The molecular formula is C56H43Br4Cl2N3O4. The Balaban J connectivity index is 0.000000161. The number of nitrogens with one attached hydrogen (secondary N) is 1. The maximum atomic E-state index is 10.0. The first-order chi connectivity index (χ1) is 33.4. The summed E-state index contributed by atoms with van der Waals surface area (Å²) < 4.78 is 14.9. The van der Waals surface area contributed by atoms with Crippen molar-refractivity contribution in [2.24, 2.45) is 9.98 Å². The Hall–Kier alpha value is -5.66. The molecule has 0 spiro atoms. The lowest BCUT2D eigenvalue weighted by Gasteiger charge is -2.25. The molecule has 8 aromatic carbocycles. The molecule has 0 aliphatic carbocycles. The highest BCUT2D eigenvalue weighted by atomic mass is 79.9. The normalized spacial score (nSPS) is 12.3. The lowest BCUT2D eigenvalue weighted by molar-refractivity contribution is 0.112. The van der Waals surface area contributed by atoms with Gasteiger partial charge in [-0.25, -0.2) is 4.99 Å². The molecular weight excluding hydrogens is 1170 g/mol. The third kappa shape index (κ3) is 16.5. The lowest BCUT2D eigenvalue weighted by Crippen LogP contribution is -2.19. The summed E-state index contributed by atoms with van der Waals surface area (Å²) in [4.78, 5) is 19.3. The average Bonchev–Trinajstić information content (AvgIpc) is 3.37. The fourth-order valence-corrected chi connectivity index (χ4v) is 8.44. The molecule has 8 aromatic rings. The first-order valence-corrected chi connectivity index (χ1v) is 25.1. The van der Waals surface area contributed by atoms with Crippen LogP contribution >= 0.6 is 86.9 Å². The smallest absolute Gasteiger partial charge is 0.216 e. The number of halogens is 6. The lowest BCUT2D eigenvalue weighted by atomic mass is 9.99. The van der Waals surface area contributed by atoms with Crippen LogP contribution in [0.25, 0.3) is 0 Å². The van der Waals surface area contributed by atoms with Gasteiger partial charge in [0.2, 0.25) is 6.23 Å². The highest BCUT2D eigenvalue weighted by Crippen LogP contribution is 2.36. The predicted molar refractivity (Wildman–Crippen MR) is 297 cm³/mol. The molecule has 13 heteroatoms. The number of methoxy groups -OCH3 is 1. The number of aromatic hydroxyl groups is 1. The molecule has 0 fully saturated rings. The summed E-state index contributed by atoms with van der Waals surface area (Å²) in [6.07, 6.45) is 3.33. The van der Waals surface area contributed by atoms with Gasteiger partial charge in [-0.3, -0.25) is 9.79 Å². The Kier molecular flexibility index (Phi) is 20.6. The number of aldehydes is 1. The van der Waals surface area contributed by atoms with Crippen molar-refractivity contribution >= 4 is 117 Å². The molecule has 0 amide bonds. The average molecular weight is 1210 g/mol. The van der Waals surface area contributed by atoms with E-state index >= 15 is 0 Å². The SMILES string of the molecule is COc1ccc(N=Cc2ccccc2)cc1.Clc1ccc(Br)cc1CC1=NC(c2ccccc2)Oc2cc(Br)ccc21.N=C(Cc1cc(Br)ccc1Cl)c1ccc(Br)cc1O.O=Cc1ccccc1. The van der Waals surface area contributed by atoms with E-state index in [-0.39, 0.29) is 12.0 Å². The molecule has 0 radical (unpaired) electrons. The summed E-state index contributed by atoms with van der Waals surface area (Å²) in [6.45, 7) is 0. The van der Waals surface area contributed by atoms with Gasteiger partial charge in [0.15, 0.2) is 0 Å². The second-order valence-electron chi connectivity index (χ2n) is 15.0. The van der Waals surface area contributed by atoms with E-state index in [1.54, 1.807) is 43.5 Å². The second kappa shape index (κ2) is 26.9. The summed E-state index contributed by atoms with van der Waals surface area (Å²) in [5, 5.41) is 19.3. The third-order valence-electron chi connectivity index (χ3n) is 10.0. The quantitative estimate of drug-likeness (QED) is 0.105. The maximum Gasteiger partial charge on any atom is 0.216 e. The monoisotopic (exact) mass is 1210 g/mol. The van der Waals surface area contributed by atoms with Gasteiger partial charge in [0.05, 0.1) is 18.5 Å². The topological polar surface area (TPSA) is 104 Å². The van der Waals surface area contributed by atoms with Gasteiger partial charge in [-0.05, 0) is 114 Å². The number of benzene rings is 8. The summed E-state index contributed by atoms with van der Waals surface area (Å²) in [5.41, 5.74) is 8.45. The van der Waals surface area contributed by atoms with Crippen molar-refractivity contribution in [2.75, 3.05) is 7.11 Å². The highest BCUT2D eigenvalue weighted by molar-refractivity contribution is 9.11. The number of ether oxygens (including phenoxy) is 2. The molecule has 7 nitrogen and oxygen atoms in total. The molecule has 1 aliphatic rings. The van der Waals surface area contributed by atoms with Crippen molar-refractivity contribution in [3.8, 4) is 17.2 Å². The molecule has 9 rings (SSSR count). The van der Waals surface area contributed by atoms with Crippen LogP contribution in [-0.2, 0) is 12.8 Å². The number of aliphatic imine (C=N–C) groups is 2. The van der Waals surface area contributed by atoms with Crippen molar-refractivity contribution in [2.45, 2.75) is 19.1 Å². The number of phenols is 1. The van der Waals surface area contributed by atoms with E-state index in [0.29, 0.717) is 29.1 Å². The van der Waals surface area contributed by atoms with Crippen LogP contribution in [0.2, 0.25) is 10.0 Å². The van der Waals surface area contributed by atoms with Crippen LogP contribution in [0, 0.1) is 5.41 Å². The van der Waals surface area contributed by atoms with E-state index in [2.05, 4.69) is 68.7 Å². The Labute approximate surface area is 445 Å². The van der Waals surface area contributed by atoms with Crippen LogP contribution < -0.4 is 9.47 Å². The zero-order valence-corrected chi connectivity index (χ0v) is 44.7. The van der Waals surface area contributed by atoms with Crippen LogP contribution in [-0.4, -0.2) is 36.1 Å². The highest BCUT2D eigenvalue weighted by Gasteiger charge is 2.24. The summed E-state index contributed by atoms with van der Waals surface area (Å²) in [6, 6.07) is 59.3. The van der Waals surface area contributed by atoms with Crippen LogP contribution in [0.4, 0.5) is 5.69 Å². The fraction of sp³-hybridized carbons (Fsp3) is 0.0714. The van der Waals surface area contributed by atoms with Gasteiger partial charge in [-0.1, -0.05) is 178 Å². The summed E-state index contributed by atoms with van der Waals surface area (Å²) >= 11 is 26.2. The molecule has 0 bridgehead atoms. The first kappa shape index (κ1) is 52.7. The number of hydrogen-bond acceptors (Lipinski definition) is 7. The van der Waals surface area contributed by atoms with Gasteiger partial charge < -0.3 is 20.0 Å². The number of hydrogen-bond donors (Lipinski definition) is 2. The van der Waals surface area contributed by atoms with Crippen molar-refractivity contribution in [1.82, 2.24) is 0 Å². The first-order valence-electron chi connectivity index (χ1n) is 21.1. The molecule has 0 saturated carbocycles. The van der Waals surface area contributed by atoms with E-state index in [1.165, 1.54) is 0 Å². The zero-order chi connectivity index (χ0) is 49.1. The number of phenolic OH excluding ortho intramolecular Hbond substituents is 1. The molecule has 1 heterocycles. The standard InChI is InChI=1S/C21H14Br2ClNO.C14H10Br2ClNO.C14H13NO.C7H6O/c22-15-7-9-18(24)14(10-15)11-19-17-8-6-16(23)12-20(17)26-21(25-19)13-4-2-1-3-5-13;15-9-2-4-12(17)8(5-9)6-13(18)11-3-1-10(16)7-14(11)19;1-16-14-9-7-13(8-10-14)15-11-12-5-3-2-4-6-12;8-6-7-4-2-1-3-5-7/h1-10,12,21H,11H2;1-5,7,18-19H,6H2;2-11H,1H3;1-6H. The van der Waals surface area contributed by atoms with Crippen LogP contribution in [0.3, 0.4) is 0 Å². The molecule has 69 heavy (non-hydrogen) atoms. The largest absolute Gasteiger partial charge is 0.507 e. The van der Waals surface area contributed by atoms with Crippen LogP contribution in [0.5, 0.6) is 17.2 Å². The molecule has 1 atom stereocenters. The maximum absolute atomic E-state index is 10.0. The Morgan fingerprint density at radius 1 is 0.681 bits per heavy atom. The number of nitrogens with zero attached hydrogens (tertiary/aromatic N) is 2. The van der Waals surface area contributed by atoms with E-state index < -0.39 is 0 Å². The molecule has 1 aliphatic heterocycles. The Morgan fingerprint density at radius 3 is 1.81 bits per heavy atom. The van der Waals surface area contributed by atoms with E-state index in [0.717, 1.165) is 85.5 Å². The van der Waals surface area contributed by atoms with Gasteiger partial charge in [-0.2, -0.15) is 0 Å². The number of fused-ring (bicyclic) bond motifs is 1. The van der Waals surface area contributed by atoms with Crippen molar-refractivity contribution in [3.63, 3.8) is 0 Å². The molecule has 1 unspecified atom stereocenters. The van der Waals surface area contributed by atoms with Gasteiger partial charge in [-0.15, -0.1) is 0 Å². The van der Waals surface area contributed by atoms with E-state index in [1.807, 2.05) is 158 Å². The van der Waals surface area contributed by atoms with Crippen molar-refractivity contribution in [1.29, 1.82) is 5.41 Å². The zero-order valence-electron chi connectivity index (χ0n) is 36.9. The fourth-order valence-electron chi connectivity index (χ4n) is 6.56.